The number of methoxy groups -OCH3 is 1. The van der Waals surface area contributed by atoms with Crippen molar-refractivity contribution in [3.8, 4) is 5.75 Å². The van der Waals surface area contributed by atoms with Crippen LogP contribution in [0.25, 0.3) is 0 Å². The van der Waals surface area contributed by atoms with E-state index < -0.39 is 26.0 Å². The Hall–Kier alpha value is -2.47. The van der Waals surface area contributed by atoms with Crippen LogP contribution in [-0.2, 0) is 20.0 Å². The van der Waals surface area contributed by atoms with Gasteiger partial charge in [-0.1, -0.05) is 13.3 Å². The fourth-order valence-electron chi connectivity index (χ4n) is 5.00. The van der Waals surface area contributed by atoms with E-state index in [1.807, 2.05) is 13.8 Å². The van der Waals surface area contributed by atoms with Gasteiger partial charge in [0.25, 0.3) is 5.91 Å². The van der Waals surface area contributed by atoms with Crippen molar-refractivity contribution >= 4 is 31.6 Å². The molecule has 2 aliphatic heterocycles. The molecule has 0 aliphatic carbocycles. The van der Waals surface area contributed by atoms with E-state index in [1.54, 1.807) is 0 Å². The van der Waals surface area contributed by atoms with Crippen molar-refractivity contribution in [1.82, 2.24) is 8.61 Å². The average Bonchev–Trinajstić information content (AvgIpc) is 2.88. The molecule has 0 radical (unpaired) electrons. The molecule has 2 aromatic carbocycles. The summed E-state index contributed by atoms with van der Waals surface area (Å²) in [6.45, 7) is 5.36. The lowest BCUT2D eigenvalue weighted by atomic mass is 10.0. The number of piperidine rings is 2. The van der Waals surface area contributed by atoms with Crippen LogP contribution in [0.15, 0.2) is 52.3 Å². The van der Waals surface area contributed by atoms with Crippen LogP contribution in [0.5, 0.6) is 5.75 Å². The normalized spacial score (nSPS) is 21.9. The molecule has 1 amide bonds. The number of amides is 1. The van der Waals surface area contributed by atoms with Gasteiger partial charge in [-0.3, -0.25) is 4.79 Å². The van der Waals surface area contributed by atoms with Gasteiger partial charge in [-0.05, 0) is 81.0 Å². The monoisotopic (exact) mass is 549 g/mol. The summed E-state index contributed by atoms with van der Waals surface area (Å²) in [7, 11) is -6.07. The first kappa shape index (κ1) is 27.6. The van der Waals surface area contributed by atoms with Gasteiger partial charge in [-0.25, -0.2) is 16.8 Å². The predicted molar refractivity (Wildman–Crippen MR) is 142 cm³/mol. The fourth-order valence-corrected chi connectivity index (χ4v) is 8.48. The Labute approximate surface area is 219 Å². The predicted octanol–water partition coefficient (Wildman–Crippen LogP) is 3.93. The number of nitrogens with one attached hydrogen (secondary N) is 1. The van der Waals surface area contributed by atoms with E-state index in [1.165, 1.54) is 58.2 Å². The summed E-state index contributed by atoms with van der Waals surface area (Å²) in [4.78, 5) is 13.1. The first-order valence-electron chi connectivity index (χ1n) is 12.7. The third-order valence-electron chi connectivity index (χ3n) is 7.12. The Bertz CT molecular complexity index is 1340. The van der Waals surface area contributed by atoms with Crippen molar-refractivity contribution in [3.05, 3.63) is 48.0 Å². The molecule has 37 heavy (non-hydrogen) atoms. The Morgan fingerprint density at radius 1 is 0.919 bits per heavy atom. The maximum Gasteiger partial charge on any atom is 0.255 e. The number of anilines is 1. The number of benzene rings is 2. The number of rotatable bonds is 7. The molecular formula is C26H35N3O6S2. The molecule has 2 atom stereocenters. The minimum Gasteiger partial charge on any atom is -0.495 e. The SMILES string of the molecule is COc1ccc(C(=O)Nc2ccc(S(=O)(=O)N3CCC[C@@H](C)C3)cc2)cc1S(=O)(=O)N1CCCC[C@H]1C. The van der Waals surface area contributed by atoms with Crippen LogP contribution in [0, 0.1) is 5.92 Å². The van der Waals surface area contributed by atoms with Crippen molar-refractivity contribution in [2.24, 2.45) is 5.92 Å². The fraction of sp³-hybridized carbons (Fsp3) is 0.500. The number of nitrogens with zero attached hydrogens (tertiary/aromatic N) is 2. The third-order valence-corrected chi connectivity index (χ3v) is 11.0. The molecule has 2 fully saturated rings. The standard InChI is InChI=1S/C26H35N3O6S2/c1-19-7-6-15-28(18-19)36(31,32)23-12-10-22(11-13-23)27-26(30)21-9-14-24(35-3)25(17-21)37(33,34)29-16-5-4-8-20(29)2/h9-14,17,19-20H,4-8,15-16,18H2,1-3H3,(H,27,30)/t19-,20-/m1/s1. The van der Waals surface area contributed by atoms with Gasteiger partial charge in [0.2, 0.25) is 20.0 Å². The number of ether oxygens (including phenoxy) is 1. The summed E-state index contributed by atoms with van der Waals surface area (Å²) in [5.41, 5.74) is 0.559. The van der Waals surface area contributed by atoms with Crippen LogP contribution >= 0.6 is 0 Å². The van der Waals surface area contributed by atoms with Gasteiger partial charge in [0.15, 0.2) is 0 Å². The van der Waals surface area contributed by atoms with Gasteiger partial charge in [-0.15, -0.1) is 0 Å². The number of hydrogen-bond donors (Lipinski definition) is 1. The molecule has 0 bridgehead atoms. The lowest BCUT2D eigenvalue weighted by Crippen LogP contribution is -2.42. The Morgan fingerprint density at radius 2 is 1.65 bits per heavy atom. The van der Waals surface area contributed by atoms with Crippen molar-refractivity contribution < 1.29 is 26.4 Å². The van der Waals surface area contributed by atoms with Crippen LogP contribution < -0.4 is 10.1 Å². The molecule has 0 aromatic heterocycles. The van der Waals surface area contributed by atoms with Crippen LogP contribution in [0.4, 0.5) is 5.69 Å². The minimum atomic E-state index is -3.86. The molecule has 0 spiro atoms. The molecule has 1 N–H and O–H groups in total. The number of hydrogen-bond acceptors (Lipinski definition) is 6. The van der Waals surface area contributed by atoms with E-state index in [9.17, 15) is 21.6 Å². The molecule has 2 aromatic rings. The molecular weight excluding hydrogens is 514 g/mol. The zero-order valence-electron chi connectivity index (χ0n) is 21.5. The number of sulfonamides is 2. The maximum absolute atomic E-state index is 13.4. The largest absolute Gasteiger partial charge is 0.495 e. The first-order valence-corrected chi connectivity index (χ1v) is 15.5. The van der Waals surface area contributed by atoms with Crippen molar-refractivity contribution in [3.63, 3.8) is 0 Å². The summed E-state index contributed by atoms with van der Waals surface area (Å²) in [5, 5.41) is 2.73. The summed E-state index contributed by atoms with van der Waals surface area (Å²) in [6, 6.07) is 10.2. The second-order valence-corrected chi connectivity index (χ2v) is 13.7. The van der Waals surface area contributed by atoms with Crippen LogP contribution in [0.1, 0.15) is 56.3 Å². The van der Waals surface area contributed by atoms with Crippen molar-refractivity contribution in [2.45, 2.75) is 61.8 Å². The van der Waals surface area contributed by atoms with E-state index in [2.05, 4.69) is 5.32 Å². The molecule has 9 nitrogen and oxygen atoms in total. The lowest BCUT2D eigenvalue weighted by Gasteiger charge is -2.32. The number of carbonyl (C=O) groups excluding carboxylic acids is 1. The highest BCUT2D eigenvalue weighted by Crippen LogP contribution is 2.32. The van der Waals surface area contributed by atoms with Gasteiger partial charge in [0, 0.05) is 36.9 Å². The Kier molecular flexibility index (Phi) is 8.27. The van der Waals surface area contributed by atoms with Crippen LogP contribution in [-0.4, -0.2) is 64.1 Å². The molecule has 4 rings (SSSR count). The zero-order chi connectivity index (χ0) is 26.8. The summed E-state index contributed by atoms with van der Waals surface area (Å²) in [5.74, 6) is -0.0133. The van der Waals surface area contributed by atoms with E-state index in [0.29, 0.717) is 31.2 Å². The molecule has 2 saturated heterocycles. The van der Waals surface area contributed by atoms with E-state index in [0.717, 1.165) is 32.1 Å². The van der Waals surface area contributed by atoms with E-state index in [4.69, 9.17) is 4.74 Å². The zero-order valence-corrected chi connectivity index (χ0v) is 23.1. The molecule has 2 heterocycles. The van der Waals surface area contributed by atoms with Crippen molar-refractivity contribution in [2.75, 3.05) is 32.1 Å². The van der Waals surface area contributed by atoms with Crippen LogP contribution in [0.2, 0.25) is 0 Å². The highest BCUT2D eigenvalue weighted by Gasteiger charge is 2.34. The molecule has 2 aliphatic rings. The Morgan fingerprint density at radius 3 is 2.30 bits per heavy atom. The molecule has 0 unspecified atom stereocenters. The minimum absolute atomic E-state index is 0.0476. The highest BCUT2D eigenvalue weighted by molar-refractivity contribution is 7.89. The van der Waals surface area contributed by atoms with Crippen molar-refractivity contribution in [1.29, 1.82) is 0 Å². The maximum atomic E-state index is 13.4. The van der Waals surface area contributed by atoms with Gasteiger partial charge >= 0.3 is 0 Å². The first-order chi connectivity index (χ1) is 17.5. The van der Waals surface area contributed by atoms with Crippen LogP contribution in [0.3, 0.4) is 0 Å². The Balaban J connectivity index is 1.53. The van der Waals surface area contributed by atoms with Gasteiger partial charge in [0.1, 0.15) is 10.6 Å². The summed E-state index contributed by atoms with van der Waals surface area (Å²) in [6.07, 6.45) is 4.40. The van der Waals surface area contributed by atoms with Gasteiger partial charge < -0.3 is 10.1 Å². The van der Waals surface area contributed by atoms with E-state index >= 15 is 0 Å². The molecule has 11 heteroatoms. The topological polar surface area (TPSA) is 113 Å². The highest BCUT2D eigenvalue weighted by atomic mass is 32.2. The number of carbonyl (C=O) groups is 1. The molecule has 0 saturated carbocycles. The molecule has 202 valence electrons. The summed E-state index contributed by atoms with van der Waals surface area (Å²) >= 11 is 0. The van der Waals surface area contributed by atoms with E-state index in [-0.39, 0.29) is 27.1 Å². The average molecular weight is 550 g/mol. The quantitative estimate of drug-likeness (QED) is 0.560. The second kappa shape index (κ2) is 11.1. The summed E-state index contributed by atoms with van der Waals surface area (Å²) < 4.78 is 61.2. The lowest BCUT2D eigenvalue weighted by molar-refractivity contribution is 0.102. The smallest absolute Gasteiger partial charge is 0.255 e. The van der Waals surface area contributed by atoms with Gasteiger partial charge in [-0.2, -0.15) is 8.61 Å². The second-order valence-electron chi connectivity index (χ2n) is 9.92. The van der Waals surface area contributed by atoms with Gasteiger partial charge in [0.05, 0.1) is 12.0 Å². The third kappa shape index (κ3) is 5.84.